The first-order valence-corrected chi connectivity index (χ1v) is 8.50. The van der Waals surface area contributed by atoms with Crippen molar-refractivity contribution in [3.63, 3.8) is 0 Å². The highest BCUT2D eigenvalue weighted by molar-refractivity contribution is 5.76. The zero-order valence-electron chi connectivity index (χ0n) is 14.7. The molecule has 1 unspecified atom stereocenters. The Morgan fingerprint density at radius 2 is 2.15 bits per heavy atom. The van der Waals surface area contributed by atoms with E-state index in [0.717, 1.165) is 5.56 Å². The van der Waals surface area contributed by atoms with E-state index in [1.165, 1.54) is 0 Å². The van der Waals surface area contributed by atoms with Crippen molar-refractivity contribution in [3.05, 3.63) is 42.1 Å². The number of carbonyl (C=O) groups excluding carboxylic acids is 1. The van der Waals surface area contributed by atoms with Gasteiger partial charge in [0.1, 0.15) is 6.04 Å². The summed E-state index contributed by atoms with van der Waals surface area (Å²) in [4.78, 5) is 24.6. The molecule has 26 heavy (non-hydrogen) atoms. The van der Waals surface area contributed by atoms with E-state index < -0.39 is 0 Å². The lowest BCUT2D eigenvalue weighted by molar-refractivity contribution is -0.122. The molecule has 3 aromatic heterocycles. The van der Waals surface area contributed by atoms with Gasteiger partial charge in [-0.3, -0.25) is 9.78 Å². The summed E-state index contributed by atoms with van der Waals surface area (Å²) >= 11 is 0. The van der Waals surface area contributed by atoms with Crippen molar-refractivity contribution < 1.29 is 13.8 Å². The van der Waals surface area contributed by atoms with Crippen molar-refractivity contribution in [2.45, 2.75) is 45.6 Å². The molecule has 0 bridgehead atoms. The van der Waals surface area contributed by atoms with Gasteiger partial charge >= 0.3 is 0 Å². The third kappa shape index (κ3) is 4.50. The van der Waals surface area contributed by atoms with Gasteiger partial charge in [0.05, 0.1) is 0 Å². The summed E-state index contributed by atoms with van der Waals surface area (Å²) in [7, 11) is 0. The fourth-order valence-electron chi connectivity index (χ4n) is 2.33. The molecule has 0 saturated carbocycles. The SMILES string of the molecule is CCc1noc(C(C)NC(=O)CCCc2nc(-c3cccnc3)no2)n1. The van der Waals surface area contributed by atoms with Gasteiger partial charge in [0.25, 0.3) is 0 Å². The number of amides is 1. The summed E-state index contributed by atoms with van der Waals surface area (Å²) in [5.74, 6) is 1.93. The highest BCUT2D eigenvalue weighted by atomic mass is 16.5. The van der Waals surface area contributed by atoms with E-state index in [1.54, 1.807) is 12.4 Å². The molecule has 3 aromatic rings. The van der Waals surface area contributed by atoms with Crippen LogP contribution in [0.5, 0.6) is 0 Å². The van der Waals surface area contributed by atoms with E-state index in [2.05, 4.69) is 30.6 Å². The second-order valence-corrected chi connectivity index (χ2v) is 5.80. The minimum absolute atomic E-state index is 0.0965. The van der Waals surface area contributed by atoms with Crippen LogP contribution in [0.4, 0.5) is 0 Å². The van der Waals surface area contributed by atoms with Gasteiger partial charge in [-0.25, -0.2) is 0 Å². The predicted molar refractivity (Wildman–Crippen MR) is 90.7 cm³/mol. The van der Waals surface area contributed by atoms with Crippen molar-refractivity contribution in [2.24, 2.45) is 0 Å². The average molecular weight is 356 g/mol. The first-order chi connectivity index (χ1) is 12.7. The maximum atomic E-state index is 12.0. The monoisotopic (exact) mass is 356 g/mol. The lowest BCUT2D eigenvalue weighted by Gasteiger charge is -2.08. The van der Waals surface area contributed by atoms with Crippen LogP contribution in [-0.2, 0) is 17.6 Å². The fourth-order valence-corrected chi connectivity index (χ4v) is 2.33. The smallest absolute Gasteiger partial charge is 0.248 e. The maximum absolute atomic E-state index is 12.0. The van der Waals surface area contributed by atoms with Crippen LogP contribution in [0.25, 0.3) is 11.4 Å². The number of pyridine rings is 1. The van der Waals surface area contributed by atoms with E-state index in [1.807, 2.05) is 26.0 Å². The van der Waals surface area contributed by atoms with Gasteiger partial charge in [-0.2, -0.15) is 9.97 Å². The number of nitrogens with one attached hydrogen (secondary N) is 1. The van der Waals surface area contributed by atoms with Gasteiger partial charge in [-0.05, 0) is 25.5 Å². The molecular formula is C17H20N6O3. The Hall–Kier alpha value is -3.10. The molecule has 1 amide bonds. The Bertz CT molecular complexity index is 845. The largest absolute Gasteiger partial charge is 0.345 e. The molecule has 0 radical (unpaired) electrons. The van der Waals surface area contributed by atoms with Crippen LogP contribution in [0.1, 0.15) is 50.3 Å². The lowest BCUT2D eigenvalue weighted by atomic mass is 10.2. The van der Waals surface area contributed by atoms with Gasteiger partial charge < -0.3 is 14.4 Å². The second kappa shape index (κ2) is 8.32. The van der Waals surface area contributed by atoms with E-state index in [4.69, 9.17) is 9.05 Å². The van der Waals surface area contributed by atoms with E-state index in [0.29, 0.717) is 49.1 Å². The second-order valence-electron chi connectivity index (χ2n) is 5.80. The molecule has 1 atom stereocenters. The molecule has 3 rings (SSSR count). The Kier molecular flexibility index (Phi) is 5.67. The summed E-state index contributed by atoms with van der Waals surface area (Å²) in [6.45, 7) is 3.75. The number of aromatic nitrogens is 5. The van der Waals surface area contributed by atoms with Crippen LogP contribution in [0.3, 0.4) is 0 Å². The zero-order chi connectivity index (χ0) is 18.4. The van der Waals surface area contributed by atoms with Crippen LogP contribution in [0.15, 0.2) is 33.6 Å². The van der Waals surface area contributed by atoms with Crippen LogP contribution in [0, 0.1) is 0 Å². The van der Waals surface area contributed by atoms with Crippen molar-refractivity contribution >= 4 is 5.91 Å². The number of carbonyl (C=O) groups is 1. The molecule has 136 valence electrons. The normalized spacial score (nSPS) is 12.1. The molecule has 0 saturated heterocycles. The highest BCUT2D eigenvalue weighted by Crippen LogP contribution is 2.15. The maximum Gasteiger partial charge on any atom is 0.248 e. The van der Waals surface area contributed by atoms with Gasteiger partial charge in [0.2, 0.25) is 23.5 Å². The Morgan fingerprint density at radius 3 is 2.88 bits per heavy atom. The molecule has 0 aliphatic carbocycles. The predicted octanol–water partition coefficient (Wildman–Crippen LogP) is 2.28. The number of hydrogen-bond donors (Lipinski definition) is 1. The number of nitrogens with zero attached hydrogens (tertiary/aromatic N) is 5. The number of hydrogen-bond acceptors (Lipinski definition) is 8. The van der Waals surface area contributed by atoms with Gasteiger partial charge in [-0.1, -0.05) is 17.2 Å². The quantitative estimate of drug-likeness (QED) is 0.652. The highest BCUT2D eigenvalue weighted by Gasteiger charge is 2.16. The summed E-state index contributed by atoms with van der Waals surface area (Å²) in [5.41, 5.74) is 0.792. The molecule has 1 N–H and O–H groups in total. The topological polar surface area (TPSA) is 120 Å². The van der Waals surface area contributed by atoms with Gasteiger partial charge in [-0.15, -0.1) is 0 Å². The Balaban J connectivity index is 1.44. The van der Waals surface area contributed by atoms with E-state index in [9.17, 15) is 4.79 Å². The van der Waals surface area contributed by atoms with E-state index in [-0.39, 0.29) is 11.9 Å². The minimum atomic E-state index is -0.323. The molecule has 0 fully saturated rings. The van der Waals surface area contributed by atoms with Crippen molar-refractivity contribution in [2.75, 3.05) is 0 Å². The summed E-state index contributed by atoms with van der Waals surface area (Å²) in [6.07, 6.45) is 5.50. The third-order valence-electron chi connectivity index (χ3n) is 3.73. The van der Waals surface area contributed by atoms with E-state index >= 15 is 0 Å². The average Bonchev–Trinajstić information content (AvgIpc) is 3.32. The number of aryl methyl sites for hydroxylation is 2. The van der Waals surface area contributed by atoms with Crippen LogP contribution >= 0.6 is 0 Å². The van der Waals surface area contributed by atoms with Crippen LogP contribution in [-0.4, -0.2) is 31.2 Å². The summed E-state index contributed by atoms with van der Waals surface area (Å²) in [5, 5.41) is 10.6. The first kappa shape index (κ1) is 17.7. The van der Waals surface area contributed by atoms with Crippen LogP contribution in [0.2, 0.25) is 0 Å². The van der Waals surface area contributed by atoms with Crippen molar-refractivity contribution in [1.82, 2.24) is 30.6 Å². The number of rotatable bonds is 8. The third-order valence-corrected chi connectivity index (χ3v) is 3.73. The standard InChI is InChI=1S/C17H20N6O3/c1-3-13-20-17(26-22-13)11(2)19-14(24)7-4-8-15-21-16(23-25-15)12-6-5-9-18-10-12/h5-6,9-11H,3-4,7-8H2,1-2H3,(H,19,24). The Morgan fingerprint density at radius 1 is 1.27 bits per heavy atom. The molecule has 0 aliphatic heterocycles. The molecule has 0 spiro atoms. The van der Waals surface area contributed by atoms with Crippen molar-refractivity contribution in [3.8, 4) is 11.4 Å². The molecule has 3 heterocycles. The van der Waals surface area contributed by atoms with Crippen LogP contribution < -0.4 is 5.32 Å². The molecule has 0 aliphatic rings. The summed E-state index contributed by atoms with van der Waals surface area (Å²) in [6, 6.07) is 3.35. The van der Waals surface area contributed by atoms with Gasteiger partial charge in [0, 0.05) is 37.2 Å². The first-order valence-electron chi connectivity index (χ1n) is 8.50. The van der Waals surface area contributed by atoms with Gasteiger partial charge in [0.15, 0.2) is 5.82 Å². The lowest BCUT2D eigenvalue weighted by Crippen LogP contribution is -2.26. The fraction of sp³-hybridized carbons (Fsp3) is 0.412. The zero-order valence-corrected chi connectivity index (χ0v) is 14.7. The minimum Gasteiger partial charge on any atom is -0.345 e. The molecule has 9 heteroatoms. The Labute approximate surface area is 150 Å². The summed E-state index contributed by atoms with van der Waals surface area (Å²) < 4.78 is 10.3. The molecule has 0 aromatic carbocycles. The van der Waals surface area contributed by atoms with Crippen molar-refractivity contribution in [1.29, 1.82) is 0 Å². The molecular weight excluding hydrogens is 336 g/mol. The molecule has 9 nitrogen and oxygen atoms in total.